The van der Waals surface area contributed by atoms with Gasteiger partial charge in [0.25, 0.3) is 11.5 Å². The molecule has 0 radical (unpaired) electrons. The van der Waals surface area contributed by atoms with Gasteiger partial charge in [0.2, 0.25) is 10.0 Å². The summed E-state index contributed by atoms with van der Waals surface area (Å²) in [6, 6.07) is 1.64. The molecule has 8 heteroatoms. The van der Waals surface area contributed by atoms with E-state index in [1.54, 1.807) is 13.1 Å². The molecule has 1 aromatic heterocycles. The molecular formula is C17H27N3O4S. The zero-order valence-electron chi connectivity index (χ0n) is 15.3. The number of aryl methyl sites for hydroxylation is 1. The zero-order valence-corrected chi connectivity index (χ0v) is 16.1. The number of hydrogen-bond donors (Lipinski definition) is 1. The Morgan fingerprint density at radius 1 is 1.40 bits per heavy atom. The summed E-state index contributed by atoms with van der Waals surface area (Å²) in [4.78, 5) is 24.8. The van der Waals surface area contributed by atoms with E-state index in [4.69, 9.17) is 0 Å². The summed E-state index contributed by atoms with van der Waals surface area (Å²) in [7, 11) is -1.53. The Morgan fingerprint density at radius 3 is 2.68 bits per heavy atom. The van der Waals surface area contributed by atoms with Gasteiger partial charge in [0, 0.05) is 32.4 Å². The van der Waals surface area contributed by atoms with Crippen LogP contribution in [0, 0.1) is 12.8 Å². The number of rotatable bonds is 5. The molecule has 1 saturated heterocycles. The first-order valence-corrected chi connectivity index (χ1v) is 10.4. The van der Waals surface area contributed by atoms with Crippen molar-refractivity contribution in [3.8, 4) is 0 Å². The lowest BCUT2D eigenvalue weighted by Crippen LogP contribution is -2.44. The van der Waals surface area contributed by atoms with Crippen molar-refractivity contribution in [3.05, 3.63) is 33.2 Å². The molecule has 0 saturated carbocycles. The van der Waals surface area contributed by atoms with Gasteiger partial charge in [0.05, 0.1) is 6.26 Å². The third kappa shape index (κ3) is 4.49. The van der Waals surface area contributed by atoms with E-state index >= 15 is 0 Å². The fourth-order valence-corrected chi connectivity index (χ4v) is 4.38. The summed E-state index contributed by atoms with van der Waals surface area (Å²) < 4.78 is 26.3. The number of sulfonamides is 1. The molecule has 1 aliphatic heterocycles. The van der Waals surface area contributed by atoms with Gasteiger partial charge in [0.1, 0.15) is 5.56 Å². The molecule has 1 N–H and O–H groups in total. The maximum Gasteiger partial charge on any atom is 0.263 e. The average Bonchev–Trinajstić information content (AvgIpc) is 2.56. The number of nitrogens with zero attached hydrogens (tertiary/aromatic N) is 2. The quantitative estimate of drug-likeness (QED) is 0.826. The number of carbonyl (C=O) groups excluding carboxylic acids is 1. The molecular weight excluding hydrogens is 342 g/mol. The molecule has 0 bridgehead atoms. The summed E-state index contributed by atoms with van der Waals surface area (Å²) in [5, 5.41) is 2.80. The van der Waals surface area contributed by atoms with Crippen molar-refractivity contribution in [1.82, 2.24) is 14.2 Å². The van der Waals surface area contributed by atoms with Crippen LogP contribution in [0.25, 0.3) is 0 Å². The number of piperidine rings is 1. The van der Waals surface area contributed by atoms with Crippen LogP contribution in [0.15, 0.2) is 10.9 Å². The van der Waals surface area contributed by atoms with E-state index in [1.807, 2.05) is 13.8 Å². The fraction of sp³-hybridized carbons (Fsp3) is 0.647. The van der Waals surface area contributed by atoms with E-state index in [-0.39, 0.29) is 17.0 Å². The first-order valence-electron chi connectivity index (χ1n) is 8.58. The lowest BCUT2D eigenvalue weighted by atomic mass is 9.99. The van der Waals surface area contributed by atoms with E-state index < -0.39 is 15.9 Å². The van der Waals surface area contributed by atoms with Gasteiger partial charge >= 0.3 is 0 Å². The van der Waals surface area contributed by atoms with Crippen molar-refractivity contribution >= 4 is 15.9 Å². The Hall–Kier alpha value is -1.67. The molecule has 1 atom stereocenters. The van der Waals surface area contributed by atoms with Crippen LogP contribution in [0.2, 0.25) is 0 Å². The minimum atomic E-state index is -3.21. The van der Waals surface area contributed by atoms with Crippen LogP contribution in [0.3, 0.4) is 0 Å². The summed E-state index contributed by atoms with van der Waals surface area (Å²) in [6.07, 6.45) is 3.57. The van der Waals surface area contributed by atoms with Gasteiger partial charge in [0.15, 0.2) is 0 Å². The molecule has 0 unspecified atom stereocenters. The van der Waals surface area contributed by atoms with E-state index in [0.29, 0.717) is 19.6 Å². The number of pyridine rings is 1. The maximum atomic E-state index is 12.4. The summed E-state index contributed by atoms with van der Waals surface area (Å²) in [6.45, 7) is 5.16. The normalized spacial score (nSPS) is 19.0. The van der Waals surface area contributed by atoms with Gasteiger partial charge in [-0.3, -0.25) is 9.59 Å². The molecule has 25 heavy (non-hydrogen) atoms. The smallest absolute Gasteiger partial charge is 0.263 e. The van der Waals surface area contributed by atoms with Crippen molar-refractivity contribution in [1.29, 1.82) is 0 Å². The molecule has 2 rings (SSSR count). The highest BCUT2D eigenvalue weighted by atomic mass is 32.2. The molecule has 7 nitrogen and oxygen atoms in total. The van der Waals surface area contributed by atoms with Gasteiger partial charge in [-0.25, -0.2) is 12.7 Å². The van der Waals surface area contributed by atoms with E-state index in [2.05, 4.69) is 5.32 Å². The van der Waals surface area contributed by atoms with Crippen LogP contribution >= 0.6 is 0 Å². The standard InChI is InChI=1S/C17H27N3O4S/c1-5-15-12(2)9-14(17(22)19(15)3)16(21)18-10-13-7-6-8-20(11-13)25(4,23)24/h9,13H,5-8,10-11H2,1-4H3,(H,18,21)/t13-/m1/s1. The number of amides is 1. The van der Waals surface area contributed by atoms with E-state index in [0.717, 1.165) is 30.5 Å². The van der Waals surface area contributed by atoms with Crippen molar-refractivity contribution < 1.29 is 13.2 Å². The first kappa shape index (κ1) is 19.7. The summed E-state index contributed by atoms with van der Waals surface area (Å²) in [5.74, 6) is -0.338. The second-order valence-electron chi connectivity index (χ2n) is 6.74. The van der Waals surface area contributed by atoms with Crippen LogP contribution in [-0.2, 0) is 23.5 Å². The Balaban J connectivity index is 2.07. The monoisotopic (exact) mass is 369 g/mol. The predicted octanol–water partition coefficient (Wildman–Crippen LogP) is 0.658. The highest BCUT2D eigenvalue weighted by Gasteiger charge is 2.26. The molecule has 0 aliphatic carbocycles. The molecule has 140 valence electrons. The Labute approximate surface area is 149 Å². The van der Waals surface area contributed by atoms with E-state index in [1.165, 1.54) is 15.1 Å². The van der Waals surface area contributed by atoms with Crippen LogP contribution < -0.4 is 10.9 Å². The predicted molar refractivity (Wildman–Crippen MR) is 97.3 cm³/mol. The van der Waals surface area contributed by atoms with Gasteiger partial charge in [-0.15, -0.1) is 0 Å². The van der Waals surface area contributed by atoms with Crippen LogP contribution in [0.1, 0.15) is 41.4 Å². The van der Waals surface area contributed by atoms with Crippen LogP contribution in [0.4, 0.5) is 0 Å². The lowest BCUT2D eigenvalue weighted by Gasteiger charge is -2.30. The highest BCUT2D eigenvalue weighted by Crippen LogP contribution is 2.18. The Kier molecular flexibility index (Phi) is 6.05. The number of hydrogen-bond acceptors (Lipinski definition) is 4. The van der Waals surface area contributed by atoms with Crippen molar-refractivity contribution in [2.45, 2.75) is 33.1 Å². The molecule has 2 heterocycles. The minimum absolute atomic E-state index is 0.0623. The minimum Gasteiger partial charge on any atom is -0.352 e. The second-order valence-corrected chi connectivity index (χ2v) is 8.73. The first-order chi connectivity index (χ1) is 11.6. The van der Waals surface area contributed by atoms with Gasteiger partial charge in [-0.2, -0.15) is 0 Å². The molecule has 1 amide bonds. The van der Waals surface area contributed by atoms with Gasteiger partial charge in [-0.05, 0) is 43.7 Å². The molecule has 0 aromatic carbocycles. The number of nitrogens with one attached hydrogen (secondary N) is 1. The number of aromatic nitrogens is 1. The highest BCUT2D eigenvalue weighted by molar-refractivity contribution is 7.88. The SMILES string of the molecule is CCc1c(C)cc(C(=O)NC[C@H]2CCCN(S(C)(=O)=O)C2)c(=O)n1C. The van der Waals surface area contributed by atoms with Crippen molar-refractivity contribution in [3.63, 3.8) is 0 Å². The Bertz CT molecular complexity index is 814. The van der Waals surface area contributed by atoms with Crippen LogP contribution in [-0.4, -0.2) is 49.1 Å². The Morgan fingerprint density at radius 2 is 2.08 bits per heavy atom. The summed E-state index contributed by atoms with van der Waals surface area (Å²) in [5.41, 5.74) is 1.66. The molecule has 1 aromatic rings. The third-order valence-electron chi connectivity index (χ3n) is 4.84. The molecule has 1 aliphatic rings. The molecule has 1 fully saturated rings. The van der Waals surface area contributed by atoms with E-state index in [9.17, 15) is 18.0 Å². The van der Waals surface area contributed by atoms with Crippen LogP contribution in [0.5, 0.6) is 0 Å². The zero-order chi connectivity index (χ0) is 18.8. The van der Waals surface area contributed by atoms with Gasteiger partial charge in [-0.1, -0.05) is 6.92 Å². The molecule has 0 spiro atoms. The topological polar surface area (TPSA) is 88.5 Å². The number of carbonyl (C=O) groups is 1. The summed E-state index contributed by atoms with van der Waals surface area (Å²) >= 11 is 0. The van der Waals surface area contributed by atoms with Crippen molar-refractivity contribution in [2.24, 2.45) is 13.0 Å². The second kappa shape index (κ2) is 7.70. The van der Waals surface area contributed by atoms with Crippen molar-refractivity contribution in [2.75, 3.05) is 25.9 Å². The fourth-order valence-electron chi connectivity index (χ4n) is 3.43. The largest absolute Gasteiger partial charge is 0.352 e. The average molecular weight is 369 g/mol. The maximum absolute atomic E-state index is 12.4. The lowest BCUT2D eigenvalue weighted by molar-refractivity contribution is 0.0939. The third-order valence-corrected chi connectivity index (χ3v) is 6.11. The van der Waals surface area contributed by atoms with Gasteiger partial charge < -0.3 is 9.88 Å².